The van der Waals surface area contributed by atoms with Crippen molar-refractivity contribution in [1.82, 2.24) is 0 Å². The Morgan fingerprint density at radius 1 is 1.12 bits per heavy atom. The smallest absolute Gasteiger partial charge is 0.331 e. The van der Waals surface area contributed by atoms with Crippen LogP contribution in [-0.2, 0) is 26.5 Å². The van der Waals surface area contributed by atoms with Gasteiger partial charge in [0.25, 0.3) is 5.91 Å². The molecule has 2 aromatic carbocycles. The first-order valence-electron chi connectivity index (χ1n) is 7.97. The van der Waals surface area contributed by atoms with E-state index in [1.807, 2.05) is 55.5 Å². The summed E-state index contributed by atoms with van der Waals surface area (Å²) >= 11 is 0. The zero-order chi connectivity index (χ0) is 16.7. The molecule has 2 aliphatic rings. The van der Waals surface area contributed by atoms with E-state index >= 15 is 0 Å². The summed E-state index contributed by atoms with van der Waals surface area (Å²) in [6.07, 6.45) is 3.48. The minimum Gasteiger partial charge on any atom is -0.440 e. The lowest BCUT2D eigenvalue weighted by atomic mass is 9.89. The predicted octanol–water partition coefficient (Wildman–Crippen LogP) is 3.24. The summed E-state index contributed by atoms with van der Waals surface area (Å²) in [5.74, 6) is -0.645. The van der Waals surface area contributed by atoms with E-state index in [1.165, 1.54) is 6.08 Å². The number of nitrogens with zero attached hydrogens (tertiary/aromatic N) is 1. The molecule has 4 rings (SSSR count). The van der Waals surface area contributed by atoms with Crippen LogP contribution in [0, 0.1) is 6.92 Å². The molecule has 0 aromatic heterocycles. The maximum Gasteiger partial charge on any atom is 0.331 e. The standard InChI is InChI=1S/C20H17NO3/c1-14-9-10-17-16(12-14)20(11-5-8-18(22)24-20)19(23)21(17)13-15-6-3-2-4-7-15/h2-10,12H,11,13H2,1H3/t20-/m1/s1. The van der Waals surface area contributed by atoms with Gasteiger partial charge in [-0.05, 0) is 24.6 Å². The number of rotatable bonds is 2. The second-order valence-corrected chi connectivity index (χ2v) is 6.25. The van der Waals surface area contributed by atoms with Crippen LogP contribution in [0.2, 0.25) is 0 Å². The lowest BCUT2D eigenvalue weighted by Gasteiger charge is -2.29. The zero-order valence-electron chi connectivity index (χ0n) is 13.4. The number of ether oxygens (including phenoxy) is 1. The van der Waals surface area contributed by atoms with Crippen molar-refractivity contribution in [2.24, 2.45) is 0 Å². The van der Waals surface area contributed by atoms with Gasteiger partial charge >= 0.3 is 5.97 Å². The Hall–Kier alpha value is -2.88. The van der Waals surface area contributed by atoms with Crippen LogP contribution >= 0.6 is 0 Å². The van der Waals surface area contributed by atoms with E-state index in [0.29, 0.717) is 13.0 Å². The molecule has 2 aliphatic heterocycles. The summed E-state index contributed by atoms with van der Waals surface area (Å²) < 4.78 is 5.58. The third kappa shape index (κ3) is 2.14. The molecule has 0 radical (unpaired) electrons. The van der Waals surface area contributed by atoms with Gasteiger partial charge in [0, 0.05) is 18.1 Å². The lowest BCUT2D eigenvalue weighted by molar-refractivity contribution is -0.164. The number of benzene rings is 2. The monoisotopic (exact) mass is 319 g/mol. The number of hydrogen-bond acceptors (Lipinski definition) is 3. The number of hydrogen-bond donors (Lipinski definition) is 0. The number of amides is 1. The summed E-state index contributed by atoms with van der Waals surface area (Å²) in [6.45, 7) is 2.43. The third-order valence-corrected chi connectivity index (χ3v) is 4.59. The first-order valence-corrected chi connectivity index (χ1v) is 7.97. The van der Waals surface area contributed by atoms with Crippen molar-refractivity contribution in [2.45, 2.75) is 25.5 Å². The molecule has 2 aromatic rings. The average molecular weight is 319 g/mol. The van der Waals surface area contributed by atoms with Crippen molar-refractivity contribution in [3.8, 4) is 0 Å². The molecule has 120 valence electrons. The molecule has 1 atom stereocenters. The van der Waals surface area contributed by atoms with Crippen LogP contribution in [0.25, 0.3) is 0 Å². The van der Waals surface area contributed by atoms with Crippen LogP contribution in [0.15, 0.2) is 60.7 Å². The summed E-state index contributed by atoms with van der Waals surface area (Å²) in [5, 5.41) is 0. The molecule has 0 N–H and O–H groups in total. The maximum atomic E-state index is 13.2. The number of anilines is 1. The van der Waals surface area contributed by atoms with Crippen LogP contribution in [0.5, 0.6) is 0 Å². The average Bonchev–Trinajstić information content (AvgIpc) is 2.78. The molecule has 0 saturated carbocycles. The van der Waals surface area contributed by atoms with Crippen LogP contribution in [0.3, 0.4) is 0 Å². The fourth-order valence-electron chi connectivity index (χ4n) is 3.44. The minimum atomic E-state index is -1.22. The van der Waals surface area contributed by atoms with Crippen LogP contribution in [0.4, 0.5) is 5.69 Å². The molecule has 2 heterocycles. The van der Waals surface area contributed by atoms with Crippen LogP contribution < -0.4 is 4.90 Å². The highest BCUT2D eigenvalue weighted by Gasteiger charge is 2.54. The molecule has 0 aliphatic carbocycles. The van der Waals surface area contributed by atoms with Gasteiger partial charge in [-0.25, -0.2) is 4.79 Å². The second kappa shape index (κ2) is 5.34. The molecule has 4 nitrogen and oxygen atoms in total. The summed E-state index contributed by atoms with van der Waals surface area (Å²) in [5.41, 5.74) is 2.45. The molecule has 1 amide bonds. The Kier molecular flexibility index (Phi) is 3.27. The summed E-state index contributed by atoms with van der Waals surface area (Å²) in [6, 6.07) is 15.7. The van der Waals surface area contributed by atoms with Crippen molar-refractivity contribution >= 4 is 17.6 Å². The topological polar surface area (TPSA) is 46.6 Å². The SMILES string of the molecule is Cc1ccc2c(c1)[C@]1(CC=CC(=O)O1)C(=O)N2Cc1ccccc1. The highest BCUT2D eigenvalue weighted by Crippen LogP contribution is 2.47. The quantitative estimate of drug-likeness (QED) is 0.798. The molecule has 4 heteroatoms. The number of esters is 1. The Morgan fingerprint density at radius 3 is 2.67 bits per heavy atom. The maximum absolute atomic E-state index is 13.2. The fourth-order valence-corrected chi connectivity index (χ4v) is 3.44. The summed E-state index contributed by atoms with van der Waals surface area (Å²) in [7, 11) is 0. The highest BCUT2D eigenvalue weighted by atomic mass is 16.6. The predicted molar refractivity (Wildman–Crippen MR) is 90.3 cm³/mol. The van der Waals surface area contributed by atoms with Gasteiger partial charge in [0.05, 0.1) is 12.2 Å². The van der Waals surface area contributed by atoms with E-state index in [9.17, 15) is 9.59 Å². The van der Waals surface area contributed by atoms with E-state index in [1.54, 1.807) is 11.0 Å². The number of carbonyl (C=O) groups excluding carboxylic acids is 2. The van der Waals surface area contributed by atoms with E-state index < -0.39 is 11.6 Å². The van der Waals surface area contributed by atoms with Crippen LogP contribution in [0.1, 0.15) is 23.1 Å². The van der Waals surface area contributed by atoms with Gasteiger partial charge in [-0.2, -0.15) is 0 Å². The normalized spacial score (nSPS) is 22.0. The van der Waals surface area contributed by atoms with Crippen molar-refractivity contribution < 1.29 is 14.3 Å². The minimum absolute atomic E-state index is 0.176. The van der Waals surface area contributed by atoms with Crippen molar-refractivity contribution in [1.29, 1.82) is 0 Å². The molecule has 0 unspecified atom stereocenters. The Labute approximate surface area is 140 Å². The molecular formula is C20H17NO3. The molecule has 0 bridgehead atoms. The highest BCUT2D eigenvalue weighted by molar-refractivity contribution is 6.09. The first kappa shape index (κ1) is 14.7. The number of fused-ring (bicyclic) bond motifs is 2. The van der Waals surface area contributed by atoms with E-state index in [-0.39, 0.29) is 5.91 Å². The van der Waals surface area contributed by atoms with Gasteiger partial charge in [0.2, 0.25) is 5.60 Å². The Bertz CT molecular complexity index is 856. The molecule has 0 fully saturated rings. The molecule has 0 saturated heterocycles. The lowest BCUT2D eigenvalue weighted by Crippen LogP contribution is -2.44. The molecule has 1 spiro atoms. The van der Waals surface area contributed by atoms with Crippen molar-refractivity contribution in [3.63, 3.8) is 0 Å². The van der Waals surface area contributed by atoms with Gasteiger partial charge in [-0.3, -0.25) is 4.79 Å². The van der Waals surface area contributed by atoms with Gasteiger partial charge in [0.1, 0.15) is 0 Å². The largest absolute Gasteiger partial charge is 0.440 e. The third-order valence-electron chi connectivity index (χ3n) is 4.59. The zero-order valence-corrected chi connectivity index (χ0v) is 13.4. The van der Waals surface area contributed by atoms with Crippen molar-refractivity contribution in [2.75, 3.05) is 4.90 Å². The first-order chi connectivity index (χ1) is 11.6. The van der Waals surface area contributed by atoms with Gasteiger partial charge in [0.15, 0.2) is 0 Å². The van der Waals surface area contributed by atoms with E-state index in [4.69, 9.17) is 4.74 Å². The van der Waals surface area contributed by atoms with Gasteiger partial charge < -0.3 is 9.64 Å². The number of aryl methyl sites for hydroxylation is 1. The van der Waals surface area contributed by atoms with Gasteiger partial charge in [-0.1, -0.05) is 48.0 Å². The van der Waals surface area contributed by atoms with Crippen molar-refractivity contribution in [3.05, 3.63) is 77.4 Å². The number of carbonyl (C=O) groups is 2. The van der Waals surface area contributed by atoms with E-state index in [2.05, 4.69) is 0 Å². The molecular weight excluding hydrogens is 302 g/mol. The van der Waals surface area contributed by atoms with Gasteiger partial charge in [-0.15, -0.1) is 0 Å². The second-order valence-electron chi connectivity index (χ2n) is 6.25. The fraction of sp³-hybridized carbons (Fsp3) is 0.200. The van der Waals surface area contributed by atoms with Crippen LogP contribution in [-0.4, -0.2) is 11.9 Å². The Balaban J connectivity index is 1.82. The molecule has 24 heavy (non-hydrogen) atoms. The Morgan fingerprint density at radius 2 is 1.92 bits per heavy atom. The summed E-state index contributed by atoms with van der Waals surface area (Å²) in [4.78, 5) is 26.8. The van der Waals surface area contributed by atoms with E-state index in [0.717, 1.165) is 22.4 Å².